The van der Waals surface area contributed by atoms with E-state index >= 15 is 0 Å². The van der Waals surface area contributed by atoms with Crippen LogP contribution in [0.25, 0.3) is 43.9 Å². The monoisotopic (exact) mass is 670 g/mol. The van der Waals surface area contributed by atoms with Crippen molar-refractivity contribution in [2.75, 3.05) is 9.80 Å². The Morgan fingerprint density at radius 2 is 0.981 bits per heavy atom. The van der Waals surface area contributed by atoms with Crippen LogP contribution in [-0.4, -0.2) is 6.71 Å². The maximum atomic E-state index is 6.96. The number of anilines is 6. The minimum Gasteiger partial charge on any atom is -0.454 e. The molecule has 7 aromatic carbocycles. The summed E-state index contributed by atoms with van der Waals surface area (Å²) in [6, 6.07) is 44.5. The molecule has 4 heterocycles. The number of aryl methyl sites for hydroxylation is 5. The molecule has 0 unspecified atom stereocenters. The summed E-state index contributed by atoms with van der Waals surface area (Å²) in [5.41, 5.74) is 20.4. The van der Waals surface area contributed by atoms with Crippen molar-refractivity contribution in [3.63, 3.8) is 0 Å². The minimum absolute atomic E-state index is 0.00164. The van der Waals surface area contributed by atoms with Crippen LogP contribution in [0.4, 0.5) is 34.1 Å². The molecule has 52 heavy (non-hydrogen) atoms. The molecule has 2 aromatic heterocycles. The molecule has 9 aromatic rings. The van der Waals surface area contributed by atoms with E-state index in [1.54, 1.807) is 0 Å². The lowest BCUT2D eigenvalue weighted by atomic mass is 9.33. The molecule has 0 atom stereocenters. The average molecular weight is 671 g/mol. The topological polar surface area (TPSA) is 32.8 Å². The molecule has 0 aliphatic carbocycles. The maximum absolute atomic E-state index is 6.96. The van der Waals surface area contributed by atoms with Gasteiger partial charge in [0.25, 0.3) is 0 Å². The molecule has 0 bridgehead atoms. The average Bonchev–Trinajstić information content (AvgIpc) is 3.69. The normalized spacial score (nSPS) is 13.4. The van der Waals surface area contributed by atoms with Crippen molar-refractivity contribution in [3.05, 3.63) is 149 Å². The Bertz CT molecular complexity index is 2980. The van der Waals surface area contributed by atoms with E-state index in [4.69, 9.17) is 8.83 Å². The van der Waals surface area contributed by atoms with Gasteiger partial charge in [-0.1, -0.05) is 107 Å². The SMILES string of the molecule is Cc1cc(C)c(B2c3cccc4c3N(c3ccccc3N4c3cccc4c3oc3cc(C)ccc34)c3c2ccc2c3oc3cc(C)ccc32)c(C)c1. The van der Waals surface area contributed by atoms with Crippen molar-refractivity contribution in [3.8, 4) is 0 Å². The zero-order valence-corrected chi connectivity index (χ0v) is 29.8. The van der Waals surface area contributed by atoms with Gasteiger partial charge in [-0.25, -0.2) is 0 Å². The summed E-state index contributed by atoms with van der Waals surface area (Å²) < 4.78 is 13.7. The van der Waals surface area contributed by atoms with Gasteiger partial charge in [0.15, 0.2) is 11.2 Å². The van der Waals surface area contributed by atoms with E-state index in [-0.39, 0.29) is 6.71 Å². The first-order chi connectivity index (χ1) is 25.4. The van der Waals surface area contributed by atoms with Crippen molar-refractivity contribution < 1.29 is 8.83 Å². The first-order valence-electron chi connectivity index (χ1n) is 18.1. The summed E-state index contributed by atoms with van der Waals surface area (Å²) in [6.07, 6.45) is 0. The van der Waals surface area contributed by atoms with Crippen LogP contribution in [-0.2, 0) is 0 Å². The van der Waals surface area contributed by atoms with Gasteiger partial charge in [-0.15, -0.1) is 0 Å². The van der Waals surface area contributed by atoms with Crippen LogP contribution in [0.1, 0.15) is 27.8 Å². The van der Waals surface area contributed by atoms with Crippen LogP contribution in [0, 0.1) is 34.6 Å². The van der Waals surface area contributed by atoms with E-state index in [2.05, 4.69) is 166 Å². The molecule has 0 saturated carbocycles. The van der Waals surface area contributed by atoms with E-state index in [0.29, 0.717) is 0 Å². The molecule has 0 radical (unpaired) electrons. The van der Waals surface area contributed by atoms with Gasteiger partial charge in [-0.05, 0) is 93.1 Å². The first kappa shape index (κ1) is 29.5. The molecule has 4 nitrogen and oxygen atoms in total. The third-order valence-corrected chi connectivity index (χ3v) is 11.4. The molecule has 2 aliphatic heterocycles. The summed E-state index contributed by atoms with van der Waals surface area (Å²) in [5.74, 6) is 0. The lowest BCUT2D eigenvalue weighted by Crippen LogP contribution is -2.59. The fourth-order valence-electron chi connectivity index (χ4n) is 9.39. The smallest absolute Gasteiger partial charge is 0.247 e. The summed E-state index contributed by atoms with van der Waals surface area (Å²) in [5, 5.41) is 4.52. The second-order valence-corrected chi connectivity index (χ2v) is 14.9. The highest BCUT2D eigenvalue weighted by molar-refractivity contribution is 6.99. The number of benzene rings is 7. The number of fused-ring (bicyclic) bond motifs is 11. The van der Waals surface area contributed by atoms with Gasteiger partial charge in [-0.2, -0.15) is 0 Å². The molecule has 0 amide bonds. The van der Waals surface area contributed by atoms with Gasteiger partial charge in [0.2, 0.25) is 6.71 Å². The van der Waals surface area contributed by atoms with Crippen LogP contribution in [0.15, 0.2) is 130 Å². The van der Waals surface area contributed by atoms with Crippen LogP contribution in [0.3, 0.4) is 0 Å². The summed E-state index contributed by atoms with van der Waals surface area (Å²) in [6.45, 7) is 11.0. The number of furan rings is 2. The first-order valence-corrected chi connectivity index (χ1v) is 18.1. The Morgan fingerprint density at radius 3 is 1.69 bits per heavy atom. The lowest BCUT2D eigenvalue weighted by Gasteiger charge is -2.45. The van der Waals surface area contributed by atoms with Gasteiger partial charge < -0.3 is 18.6 Å². The number of hydrogen-bond donors (Lipinski definition) is 0. The fraction of sp³-hybridized carbons (Fsp3) is 0.106. The maximum Gasteiger partial charge on any atom is 0.247 e. The predicted molar refractivity (Wildman–Crippen MR) is 219 cm³/mol. The van der Waals surface area contributed by atoms with E-state index in [9.17, 15) is 0 Å². The van der Waals surface area contributed by atoms with Crippen LogP contribution in [0.5, 0.6) is 0 Å². The van der Waals surface area contributed by atoms with Gasteiger partial charge in [0, 0.05) is 21.5 Å². The molecule has 0 fully saturated rings. The van der Waals surface area contributed by atoms with Gasteiger partial charge in [0.05, 0.1) is 34.1 Å². The number of hydrogen-bond acceptors (Lipinski definition) is 4. The standard InChI is InChI=1S/C47H35BN2O2/c1-26-16-18-31-33-10-8-15-40(46(33)51-41(31)24-26)49-37-12-6-7-13-38(37)50-44-35(11-9-14-39(44)49)48(43-29(4)22-28(3)23-30(43)5)36-21-20-34-32-19-17-27(2)25-42(32)52-47(34)45(36)50/h6-25H,1-5H3. The summed E-state index contributed by atoms with van der Waals surface area (Å²) >= 11 is 0. The highest BCUT2D eigenvalue weighted by atomic mass is 16.3. The molecule has 5 heteroatoms. The van der Waals surface area contributed by atoms with E-state index < -0.39 is 0 Å². The highest BCUT2D eigenvalue weighted by Crippen LogP contribution is 2.57. The zero-order valence-electron chi connectivity index (χ0n) is 29.8. The summed E-state index contributed by atoms with van der Waals surface area (Å²) in [7, 11) is 0. The fourth-order valence-corrected chi connectivity index (χ4v) is 9.39. The van der Waals surface area contributed by atoms with Crippen molar-refractivity contribution in [2.45, 2.75) is 34.6 Å². The summed E-state index contributed by atoms with van der Waals surface area (Å²) in [4.78, 5) is 4.90. The van der Waals surface area contributed by atoms with Crippen LogP contribution >= 0.6 is 0 Å². The molecule has 11 rings (SSSR count). The van der Waals surface area contributed by atoms with E-state index in [1.807, 2.05) is 0 Å². The van der Waals surface area contributed by atoms with Gasteiger partial charge in [-0.3, -0.25) is 0 Å². The Balaban J connectivity index is 1.27. The molecular formula is C47H35BN2O2. The third kappa shape index (κ3) is 3.88. The Labute approximate surface area is 302 Å². The molecule has 248 valence electrons. The van der Waals surface area contributed by atoms with Crippen molar-refractivity contribution >= 4 is 101 Å². The number of rotatable bonds is 2. The quantitative estimate of drug-likeness (QED) is 0.171. The van der Waals surface area contributed by atoms with Gasteiger partial charge in [0.1, 0.15) is 11.2 Å². The minimum atomic E-state index is -0.00164. The molecular weight excluding hydrogens is 635 g/mol. The van der Waals surface area contributed by atoms with E-state index in [0.717, 1.165) is 72.3 Å². The predicted octanol–water partition coefficient (Wildman–Crippen LogP) is 11.1. The number of nitrogens with zero attached hydrogens (tertiary/aromatic N) is 2. The Morgan fingerprint density at radius 1 is 0.423 bits per heavy atom. The third-order valence-electron chi connectivity index (χ3n) is 11.4. The Kier molecular flexibility index (Phi) is 5.92. The molecule has 0 saturated heterocycles. The largest absolute Gasteiger partial charge is 0.454 e. The van der Waals surface area contributed by atoms with Crippen molar-refractivity contribution in [2.24, 2.45) is 0 Å². The molecule has 2 aliphatic rings. The zero-order chi connectivity index (χ0) is 35.0. The lowest BCUT2D eigenvalue weighted by molar-refractivity contribution is 0.668. The van der Waals surface area contributed by atoms with Crippen molar-refractivity contribution in [1.82, 2.24) is 0 Å². The molecule has 0 N–H and O–H groups in total. The number of para-hydroxylation sites is 4. The second kappa shape index (κ2) is 10.4. The van der Waals surface area contributed by atoms with Crippen molar-refractivity contribution in [1.29, 1.82) is 0 Å². The van der Waals surface area contributed by atoms with Crippen LogP contribution in [0.2, 0.25) is 0 Å². The Hall–Kier alpha value is -6.20. The van der Waals surface area contributed by atoms with Gasteiger partial charge >= 0.3 is 0 Å². The van der Waals surface area contributed by atoms with Crippen LogP contribution < -0.4 is 26.2 Å². The molecule has 0 spiro atoms. The van der Waals surface area contributed by atoms with E-state index in [1.165, 1.54) is 49.9 Å². The highest BCUT2D eigenvalue weighted by Gasteiger charge is 2.44. The second-order valence-electron chi connectivity index (χ2n) is 14.9.